The van der Waals surface area contributed by atoms with Crippen LogP contribution in [-0.2, 0) is 17.4 Å². The van der Waals surface area contributed by atoms with Crippen molar-refractivity contribution < 1.29 is 18.0 Å². The van der Waals surface area contributed by atoms with Crippen molar-refractivity contribution in [2.75, 3.05) is 6.54 Å². The van der Waals surface area contributed by atoms with E-state index in [1.54, 1.807) is 6.92 Å². The van der Waals surface area contributed by atoms with Crippen LogP contribution in [0, 0.1) is 0 Å². The van der Waals surface area contributed by atoms with E-state index in [4.69, 9.17) is 0 Å². The molecule has 0 aliphatic heterocycles. The van der Waals surface area contributed by atoms with E-state index in [2.05, 4.69) is 11.9 Å². The number of carbonyl (C=O) groups excluding carboxylic acids is 1. The highest BCUT2D eigenvalue weighted by Crippen LogP contribution is 2.29. The van der Waals surface area contributed by atoms with Gasteiger partial charge in [-0.1, -0.05) is 30.4 Å². The second-order valence-corrected chi connectivity index (χ2v) is 4.11. The lowest BCUT2D eigenvalue weighted by molar-refractivity contribution is -0.137. The van der Waals surface area contributed by atoms with E-state index in [-0.39, 0.29) is 12.3 Å². The highest BCUT2D eigenvalue weighted by molar-refractivity contribution is 5.78. The van der Waals surface area contributed by atoms with Crippen LogP contribution in [0.2, 0.25) is 0 Å². The van der Waals surface area contributed by atoms with Gasteiger partial charge in [0.15, 0.2) is 0 Å². The Balaban J connectivity index is 2.68. The van der Waals surface area contributed by atoms with Gasteiger partial charge in [0.1, 0.15) is 0 Å². The Labute approximate surface area is 104 Å². The average Bonchev–Trinajstić information content (AvgIpc) is 2.25. The van der Waals surface area contributed by atoms with Gasteiger partial charge in [-0.2, -0.15) is 13.2 Å². The molecular weight excluding hydrogens is 243 g/mol. The second-order valence-electron chi connectivity index (χ2n) is 4.11. The van der Waals surface area contributed by atoms with E-state index in [1.807, 2.05) is 0 Å². The molecule has 1 aromatic carbocycles. The zero-order valence-electron chi connectivity index (χ0n) is 9.97. The number of alkyl halides is 3. The molecule has 0 aromatic heterocycles. The first kappa shape index (κ1) is 14.3. The lowest BCUT2D eigenvalue weighted by Crippen LogP contribution is -2.26. The fourth-order valence-electron chi connectivity index (χ4n) is 1.35. The van der Waals surface area contributed by atoms with E-state index < -0.39 is 11.7 Å². The molecule has 0 aliphatic carbocycles. The Kier molecular flexibility index (Phi) is 4.53. The molecule has 1 amide bonds. The van der Waals surface area contributed by atoms with E-state index >= 15 is 0 Å². The Morgan fingerprint density at radius 3 is 2.61 bits per heavy atom. The number of hydrogen-bond donors (Lipinski definition) is 1. The fourth-order valence-corrected chi connectivity index (χ4v) is 1.35. The van der Waals surface area contributed by atoms with Crippen LogP contribution < -0.4 is 5.32 Å². The monoisotopic (exact) mass is 257 g/mol. The molecular formula is C13H14F3NO. The zero-order chi connectivity index (χ0) is 13.8. The predicted molar refractivity (Wildman–Crippen MR) is 63.0 cm³/mol. The fraction of sp³-hybridized carbons (Fsp3) is 0.308. The van der Waals surface area contributed by atoms with Gasteiger partial charge in [-0.05, 0) is 18.6 Å². The molecule has 2 nitrogen and oxygen atoms in total. The summed E-state index contributed by atoms with van der Waals surface area (Å²) in [7, 11) is 0. The van der Waals surface area contributed by atoms with Crippen molar-refractivity contribution >= 4 is 5.91 Å². The third kappa shape index (κ3) is 4.61. The maximum Gasteiger partial charge on any atom is 0.416 e. The van der Waals surface area contributed by atoms with Crippen LogP contribution in [0.3, 0.4) is 0 Å². The summed E-state index contributed by atoms with van der Waals surface area (Å²) in [6.45, 7) is 5.70. The van der Waals surface area contributed by atoms with Crippen molar-refractivity contribution in [1.29, 1.82) is 0 Å². The first-order valence-electron chi connectivity index (χ1n) is 5.36. The summed E-state index contributed by atoms with van der Waals surface area (Å²) in [5.41, 5.74) is 0.379. The van der Waals surface area contributed by atoms with Crippen molar-refractivity contribution in [3.05, 3.63) is 47.5 Å². The molecule has 5 heteroatoms. The van der Waals surface area contributed by atoms with E-state index in [0.717, 1.165) is 17.7 Å². The molecule has 0 fully saturated rings. The Morgan fingerprint density at radius 2 is 2.06 bits per heavy atom. The molecule has 0 unspecified atom stereocenters. The number of nitrogens with one attached hydrogen (secondary N) is 1. The molecule has 0 spiro atoms. The minimum atomic E-state index is -4.38. The van der Waals surface area contributed by atoms with Crippen molar-refractivity contribution in [2.24, 2.45) is 0 Å². The number of hydrogen-bond acceptors (Lipinski definition) is 1. The highest BCUT2D eigenvalue weighted by Gasteiger charge is 2.30. The molecule has 0 bridgehead atoms. The summed E-state index contributed by atoms with van der Waals surface area (Å²) >= 11 is 0. The SMILES string of the molecule is C=C(C)CNC(=O)Cc1cccc(C(F)(F)F)c1. The topological polar surface area (TPSA) is 29.1 Å². The number of amides is 1. The summed E-state index contributed by atoms with van der Waals surface area (Å²) in [5, 5.41) is 2.57. The average molecular weight is 257 g/mol. The lowest BCUT2D eigenvalue weighted by Gasteiger charge is -2.09. The van der Waals surface area contributed by atoms with Crippen molar-refractivity contribution in [1.82, 2.24) is 5.32 Å². The minimum Gasteiger partial charge on any atom is -0.352 e. The quantitative estimate of drug-likeness (QED) is 0.825. The van der Waals surface area contributed by atoms with Gasteiger partial charge in [0.25, 0.3) is 0 Å². The first-order valence-corrected chi connectivity index (χ1v) is 5.36. The van der Waals surface area contributed by atoms with E-state index in [1.165, 1.54) is 12.1 Å². The van der Waals surface area contributed by atoms with Crippen LogP contribution in [0.15, 0.2) is 36.4 Å². The van der Waals surface area contributed by atoms with Crippen LogP contribution >= 0.6 is 0 Å². The summed E-state index contributed by atoms with van der Waals surface area (Å²) in [4.78, 5) is 11.4. The van der Waals surface area contributed by atoms with Gasteiger partial charge in [-0.15, -0.1) is 0 Å². The second kappa shape index (κ2) is 5.71. The molecule has 98 valence electrons. The maximum absolute atomic E-state index is 12.4. The third-order valence-corrected chi connectivity index (χ3v) is 2.21. The van der Waals surface area contributed by atoms with Gasteiger partial charge >= 0.3 is 6.18 Å². The van der Waals surface area contributed by atoms with Crippen LogP contribution in [-0.4, -0.2) is 12.5 Å². The zero-order valence-corrected chi connectivity index (χ0v) is 9.97. The first-order chi connectivity index (χ1) is 8.29. The largest absolute Gasteiger partial charge is 0.416 e. The van der Waals surface area contributed by atoms with Gasteiger partial charge in [-0.3, -0.25) is 4.79 Å². The van der Waals surface area contributed by atoms with Crippen LogP contribution in [0.4, 0.5) is 13.2 Å². The highest BCUT2D eigenvalue weighted by atomic mass is 19.4. The van der Waals surface area contributed by atoms with Gasteiger partial charge in [0.2, 0.25) is 5.91 Å². The van der Waals surface area contributed by atoms with Crippen LogP contribution in [0.25, 0.3) is 0 Å². The van der Waals surface area contributed by atoms with Crippen molar-refractivity contribution in [3.63, 3.8) is 0 Å². The molecule has 1 aromatic rings. The minimum absolute atomic E-state index is 0.0722. The summed E-state index contributed by atoms with van der Waals surface area (Å²) in [5.74, 6) is -0.322. The van der Waals surface area contributed by atoms with Gasteiger partial charge in [0, 0.05) is 6.54 Å². The van der Waals surface area contributed by atoms with Gasteiger partial charge in [0.05, 0.1) is 12.0 Å². The molecule has 0 heterocycles. The van der Waals surface area contributed by atoms with E-state index in [0.29, 0.717) is 12.1 Å². The third-order valence-electron chi connectivity index (χ3n) is 2.21. The molecule has 0 atom stereocenters. The molecule has 1 rings (SSSR count). The predicted octanol–water partition coefficient (Wildman–Crippen LogP) is 2.94. The Hall–Kier alpha value is -1.78. The molecule has 0 saturated heterocycles. The molecule has 0 radical (unpaired) electrons. The molecule has 18 heavy (non-hydrogen) atoms. The summed E-state index contributed by atoms with van der Waals surface area (Å²) < 4.78 is 37.3. The van der Waals surface area contributed by atoms with E-state index in [9.17, 15) is 18.0 Å². The summed E-state index contributed by atoms with van der Waals surface area (Å²) in [6.07, 6.45) is -4.46. The smallest absolute Gasteiger partial charge is 0.352 e. The van der Waals surface area contributed by atoms with Gasteiger partial charge in [-0.25, -0.2) is 0 Å². The van der Waals surface area contributed by atoms with Crippen LogP contribution in [0.1, 0.15) is 18.1 Å². The molecule has 0 aliphatic rings. The Morgan fingerprint density at radius 1 is 1.39 bits per heavy atom. The lowest BCUT2D eigenvalue weighted by atomic mass is 10.1. The molecule has 0 saturated carbocycles. The normalized spacial score (nSPS) is 11.1. The van der Waals surface area contributed by atoms with Crippen molar-refractivity contribution in [2.45, 2.75) is 19.5 Å². The standard InChI is InChI=1S/C13H14F3NO/c1-9(2)8-17-12(18)7-10-4-3-5-11(6-10)13(14,15)16/h3-6H,1,7-8H2,2H3,(H,17,18). The van der Waals surface area contributed by atoms with Crippen LogP contribution in [0.5, 0.6) is 0 Å². The summed E-state index contributed by atoms with van der Waals surface area (Å²) in [6, 6.07) is 4.76. The molecule has 1 N–H and O–H groups in total. The maximum atomic E-state index is 12.4. The van der Waals surface area contributed by atoms with Crippen molar-refractivity contribution in [3.8, 4) is 0 Å². The number of carbonyl (C=O) groups is 1. The number of halogens is 3. The number of benzene rings is 1. The number of rotatable bonds is 4. The van der Waals surface area contributed by atoms with Gasteiger partial charge < -0.3 is 5.32 Å². The Bertz CT molecular complexity index is 452.